The molecule has 0 amide bonds. The van der Waals surface area contributed by atoms with Crippen molar-refractivity contribution in [2.45, 2.75) is 25.8 Å². The van der Waals surface area contributed by atoms with Gasteiger partial charge in [-0.15, -0.1) is 0 Å². The van der Waals surface area contributed by atoms with Crippen LogP contribution in [0.25, 0.3) is 22.3 Å². The van der Waals surface area contributed by atoms with E-state index in [9.17, 15) is 0 Å². The first-order chi connectivity index (χ1) is 9.78. The van der Waals surface area contributed by atoms with Crippen LogP contribution in [-0.4, -0.2) is 15.1 Å². The Balaban J connectivity index is 1.94. The quantitative estimate of drug-likeness (QED) is 0.786. The zero-order chi connectivity index (χ0) is 13.9. The lowest BCUT2D eigenvalue weighted by Gasteiger charge is -2.02. The van der Waals surface area contributed by atoms with Gasteiger partial charge in [-0.1, -0.05) is 24.6 Å². The molecular weight excluding hydrogens is 252 g/mol. The predicted octanol–water partition coefficient (Wildman–Crippen LogP) is 3.08. The predicted molar refractivity (Wildman–Crippen MR) is 76.9 cm³/mol. The van der Waals surface area contributed by atoms with E-state index in [1.165, 1.54) is 0 Å². The number of rotatable bonds is 4. The molecule has 3 aromatic rings. The highest BCUT2D eigenvalue weighted by Gasteiger charge is 2.15. The lowest BCUT2D eigenvalue weighted by Crippen LogP contribution is -2.09. The van der Waals surface area contributed by atoms with Gasteiger partial charge in [0.2, 0.25) is 11.7 Å². The summed E-state index contributed by atoms with van der Waals surface area (Å²) >= 11 is 0. The van der Waals surface area contributed by atoms with Gasteiger partial charge < -0.3 is 10.3 Å². The summed E-state index contributed by atoms with van der Waals surface area (Å²) in [6.45, 7) is 2.08. The number of hydrogen-bond donors (Lipinski definition) is 1. The van der Waals surface area contributed by atoms with Crippen LogP contribution in [0.4, 0.5) is 0 Å². The Morgan fingerprint density at radius 3 is 3.05 bits per heavy atom. The first kappa shape index (κ1) is 12.7. The molecule has 5 heteroatoms. The molecule has 0 radical (unpaired) electrons. The van der Waals surface area contributed by atoms with E-state index in [0.29, 0.717) is 11.7 Å². The van der Waals surface area contributed by atoms with Gasteiger partial charge in [0.05, 0.1) is 11.6 Å². The van der Waals surface area contributed by atoms with Crippen LogP contribution in [0, 0.1) is 0 Å². The molecule has 0 aliphatic carbocycles. The Labute approximate surface area is 116 Å². The standard InChI is InChI=1S/C15H16N4O/c1-2-4-12(16)15-18-14(19-20-15)11-6-7-13-10(9-11)5-3-8-17-13/h3,5-9,12H,2,4,16H2,1H3/t12-/m0/s1. The number of nitrogens with two attached hydrogens (primary N) is 1. The molecule has 1 aromatic carbocycles. The molecule has 0 saturated heterocycles. The molecule has 3 rings (SSSR count). The molecule has 102 valence electrons. The van der Waals surface area contributed by atoms with Gasteiger partial charge in [0.15, 0.2) is 0 Å². The summed E-state index contributed by atoms with van der Waals surface area (Å²) in [6.07, 6.45) is 3.60. The van der Waals surface area contributed by atoms with Crippen LogP contribution >= 0.6 is 0 Å². The first-order valence-corrected chi connectivity index (χ1v) is 6.72. The number of nitrogens with zero attached hydrogens (tertiary/aromatic N) is 3. The van der Waals surface area contributed by atoms with Crippen LogP contribution in [0.3, 0.4) is 0 Å². The van der Waals surface area contributed by atoms with E-state index in [-0.39, 0.29) is 6.04 Å². The van der Waals surface area contributed by atoms with Crippen LogP contribution in [0.15, 0.2) is 41.1 Å². The molecule has 0 saturated carbocycles. The monoisotopic (exact) mass is 268 g/mol. The molecule has 0 bridgehead atoms. The number of hydrogen-bond acceptors (Lipinski definition) is 5. The normalized spacial score (nSPS) is 12.7. The van der Waals surface area contributed by atoms with E-state index >= 15 is 0 Å². The second kappa shape index (κ2) is 5.38. The largest absolute Gasteiger partial charge is 0.337 e. The summed E-state index contributed by atoms with van der Waals surface area (Å²) in [5.74, 6) is 1.06. The summed E-state index contributed by atoms with van der Waals surface area (Å²) in [5, 5.41) is 5.06. The van der Waals surface area contributed by atoms with Crippen molar-refractivity contribution >= 4 is 10.9 Å². The van der Waals surface area contributed by atoms with Crippen molar-refractivity contribution in [3.63, 3.8) is 0 Å². The minimum atomic E-state index is -0.191. The first-order valence-electron chi connectivity index (χ1n) is 6.72. The summed E-state index contributed by atoms with van der Waals surface area (Å²) in [4.78, 5) is 8.67. The van der Waals surface area contributed by atoms with Crippen molar-refractivity contribution < 1.29 is 4.52 Å². The van der Waals surface area contributed by atoms with Gasteiger partial charge in [-0.05, 0) is 30.7 Å². The average molecular weight is 268 g/mol. The highest BCUT2D eigenvalue weighted by molar-refractivity contribution is 5.82. The molecule has 2 N–H and O–H groups in total. The molecule has 0 aliphatic heterocycles. The van der Waals surface area contributed by atoms with Gasteiger partial charge in [0.1, 0.15) is 0 Å². The zero-order valence-electron chi connectivity index (χ0n) is 11.3. The zero-order valence-corrected chi connectivity index (χ0v) is 11.3. The van der Waals surface area contributed by atoms with Crippen molar-refractivity contribution in [3.05, 3.63) is 42.4 Å². The molecule has 0 fully saturated rings. The minimum Gasteiger partial charge on any atom is -0.337 e. The van der Waals surface area contributed by atoms with E-state index in [0.717, 1.165) is 29.3 Å². The Bertz CT molecular complexity index is 722. The Hall–Kier alpha value is -2.27. The molecule has 0 aliphatic rings. The third-order valence-electron chi connectivity index (χ3n) is 3.22. The SMILES string of the molecule is CCC[C@H](N)c1nc(-c2ccc3ncccc3c2)no1. The van der Waals surface area contributed by atoms with Crippen molar-refractivity contribution in [2.24, 2.45) is 5.73 Å². The van der Waals surface area contributed by atoms with E-state index in [4.69, 9.17) is 10.3 Å². The number of benzene rings is 1. The molecule has 0 unspecified atom stereocenters. The maximum absolute atomic E-state index is 5.98. The highest BCUT2D eigenvalue weighted by Crippen LogP contribution is 2.23. The topological polar surface area (TPSA) is 77.8 Å². The van der Waals surface area contributed by atoms with Crippen LogP contribution in [0.2, 0.25) is 0 Å². The van der Waals surface area contributed by atoms with E-state index < -0.39 is 0 Å². The molecule has 1 atom stereocenters. The van der Waals surface area contributed by atoms with E-state index in [1.54, 1.807) is 6.20 Å². The van der Waals surface area contributed by atoms with Gasteiger partial charge in [0.25, 0.3) is 0 Å². The fourth-order valence-electron chi connectivity index (χ4n) is 2.15. The second-order valence-corrected chi connectivity index (χ2v) is 4.76. The Morgan fingerprint density at radius 1 is 1.30 bits per heavy atom. The van der Waals surface area contributed by atoms with Gasteiger partial charge in [0, 0.05) is 17.1 Å². The maximum Gasteiger partial charge on any atom is 0.243 e. The second-order valence-electron chi connectivity index (χ2n) is 4.76. The number of aromatic nitrogens is 3. The smallest absolute Gasteiger partial charge is 0.243 e. The fourth-order valence-corrected chi connectivity index (χ4v) is 2.15. The number of pyridine rings is 1. The lowest BCUT2D eigenvalue weighted by molar-refractivity contribution is 0.348. The average Bonchev–Trinajstić information content (AvgIpc) is 2.97. The molecular formula is C15H16N4O. The van der Waals surface area contributed by atoms with Crippen molar-refractivity contribution in [1.82, 2.24) is 15.1 Å². The van der Waals surface area contributed by atoms with E-state index in [2.05, 4.69) is 22.0 Å². The maximum atomic E-state index is 5.98. The van der Waals surface area contributed by atoms with Crippen molar-refractivity contribution in [3.8, 4) is 11.4 Å². The van der Waals surface area contributed by atoms with Gasteiger partial charge in [-0.3, -0.25) is 4.98 Å². The third-order valence-corrected chi connectivity index (χ3v) is 3.22. The fraction of sp³-hybridized carbons (Fsp3) is 0.267. The highest BCUT2D eigenvalue weighted by atomic mass is 16.5. The Kier molecular flexibility index (Phi) is 3.43. The minimum absolute atomic E-state index is 0.191. The summed E-state index contributed by atoms with van der Waals surface area (Å²) in [5.41, 5.74) is 7.83. The van der Waals surface area contributed by atoms with Crippen LogP contribution in [0.5, 0.6) is 0 Å². The molecule has 2 heterocycles. The van der Waals surface area contributed by atoms with Crippen LogP contribution < -0.4 is 5.73 Å². The van der Waals surface area contributed by atoms with Crippen LogP contribution in [-0.2, 0) is 0 Å². The molecule has 20 heavy (non-hydrogen) atoms. The van der Waals surface area contributed by atoms with Crippen molar-refractivity contribution in [1.29, 1.82) is 0 Å². The molecule has 5 nitrogen and oxygen atoms in total. The molecule has 0 spiro atoms. The lowest BCUT2D eigenvalue weighted by atomic mass is 10.1. The summed E-state index contributed by atoms with van der Waals surface area (Å²) in [7, 11) is 0. The summed E-state index contributed by atoms with van der Waals surface area (Å²) in [6, 6.07) is 9.62. The Morgan fingerprint density at radius 2 is 2.20 bits per heavy atom. The van der Waals surface area contributed by atoms with Gasteiger partial charge in [-0.2, -0.15) is 4.98 Å². The van der Waals surface area contributed by atoms with E-state index in [1.807, 2.05) is 30.3 Å². The van der Waals surface area contributed by atoms with Crippen LogP contribution in [0.1, 0.15) is 31.7 Å². The van der Waals surface area contributed by atoms with Gasteiger partial charge in [-0.25, -0.2) is 0 Å². The summed E-state index contributed by atoms with van der Waals surface area (Å²) < 4.78 is 5.24. The number of fused-ring (bicyclic) bond motifs is 1. The molecule has 2 aromatic heterocycles. The van der Waals surface area contributed by atoms with Gasteiger partial charge >= 0.3 is 0 Å². The van der Waals surface area contributed by atoms with Crippen molar-refractivity contribution in [2.75, 3.05) is 0 Å². The third kappa shape index (κ3) is 2.40.